The lowest BCUT2D eigenvalue weighted by molar-refractivity contribution is -0.219. The number of hydrogen-bond acceptors (Lipinski definition) is 1. The summed E-state index contributed by atoms with van der Waals surface area (Å²) in [6, 6.07) is 0. The van der Waals surface area contributed by atoms with Crippen LogP contribution in [0.4, 0.5) is 26.3 Å². The Balaban J connectivity index is 4.23. The molecular formula is C3H2F6S. The summed E-state index contributed by atoms with van der Waals surface area (Å²) in [6.07, 6.45) is -9.76. The normalized spacial score (nSPS) is 17.1. The minimum atomic E-state index is -5.55. The molecule has 0 aliphatic heterocycles. The number of thiol groups is 1. The molecule has 0 fully saturated rings. The van der Waals surface area contributed by atoms with E-state index in [0.717, 1.165) is 0 Å². The van der Waals surface area contributed by atoms with Crippen molar-refractivity contribution >= 4 is 12.6 Å². The van der Waals surface area contributed by atoms with Gasteiger partial charge >= 0.3 is 11.4 Å². The molecule has 0 aliphatic rings. The molecule has 0 radical (unpaired) electrons. The molecule has 0 aromatic heterocycles. The Kier molecular flexibility index (Phi) is 2.50. The average molecular weight is 184 g/mol. The molecule has 0 aromatic rings. The van der Waals surface area contributed by atoms with Crippen LogP contribution >= 0.6 is 12.6 Å². The maximum absolute atomic E-state index is 11.5. The van der Waals surface area contributed by atoms with E-state index in [1.54, 1.807) is 0 Å². The molecule has 0 nitrogen and oxygen atoms in total. The molecule has 1 atom stereocenters. The Morgan fingerprint density at radius 2 is 1.30 bits per heavy atom. The smallest absolute Gasteiger partial charge is 0.230 e. The lowest BCUT2D eigenvalue weighted by Gasteiger charge is -2.16. The van der Waals surface area contributed by atoms with Crippen LogP contribution in [0.3, 0.4) is 0 Å². The molecule has 0 spiro atoms. The molecule has 0 rings (SSSR count). The number of rotatable bonds is 1. The minimum Gasteiger partial charge on any atom is -0.230 e. The van der Waals surface area contributed by atoms with Gasteiger partial charge in [0.2, 0.25) is 0 Å². The Hall–Kier alpha value is -0.0700. The van der Waals surface area contributed by atoms with E-state index in [1.165, 1.54) is 0 Å². The standard InChI is InChI=1S/C3H2F6S/c4-1(2(5,6)7)3(8,9)10/h1,10H. The van der Waals surface area contributed by atoms with Gasteiger partial charge in [-0.3, -0.25) is 0 Å². The van der Waals surface area contributed by atoms with Crippen molar-refractivity contribution in [2.24, 2.45) is 0 Å². The molecule has 0 aliphatic carbocycles. The van der Waals surface area contributed by atoms with Gasteiger partial charge in [0.05, 0.1) is 0 Å². The molecule has 62 valence electrons. The van der Waals surface area contributed by atoms with Crippen molar-refractivity contribution in [1.82, 2.24) is 0 Å². The van der Waals surface area contributed by atoms with Gasteiger partial charge in [0.15, 0.2) is 0 Å². The number of hydrogen-bond donors (Lipinski definition) is 1. The van der Waals surface area contributed by atoms with Gasteiger partial charge in [-0.2, -0.15) is 22.0 Å². The van der Waals surface area contributed by atoms with Gasteiger partial charge in [-0.25, -0.2) is 4.39 Å². The van der Waals surface area contributed by atoms with Crippen molar-refractivity contribution in [1.29, 1.82) is 0 Å². The van der Waals surface area contributed by atoms with E-state index in [-0.39, 0.29) is 0 Å². The van der Waals surface area contributed by atoms with Crippen LogP contribution in [0.5, 0.6) is 0 Å². The second-order valence-corrected chi connectivity index (χ2v) is 2.09. The van der Waals surface area contributed by atoms with E-state index in [0.29, 0.717) is 0 Å². The molecule has 0 amide bonds. The molecule has 10 heavy (non-hydrogen) atoms. The SMILES string of the molecule is FC(C(F)(F)F)C(F)(F)S. The van der Waals surface area contributed by atoms with Crippen LogP contribution < -0.4 is 0 Å². The van der Waals surface area contributed by atoms with Crippen LogP contribution in [0, 0.1) is 0 Å². The van der Waals surface area contributed by atoms with Crippen molar-refractivity contribution in [3.63, 3.8) is 0 Å². The zero-order valence-electron chi connectivity index (χ0n) is 4.29. The molecule has 7 heteroatoms. The lowest BCUT2D eigenvalue weighted by atomic mass is 10.4. The van der Waals surface area contributed by atoms with Crippen LogP contribution in [0.1, 0.15) is 0 Å². The Labute approximate surface area is 57.6 Å². The average Bonchev–Trinajstić information content (AvgIpc) is 1.59. The topological polar surface area (TPSA) is 0 Å². The highest BCUT2D eigenvalue weighted by molar-refractivity contribution is 7.81. The molecule has 0 saturated carbocycles. The van der Waals surface area contributed by atoms with Crippen LogP contribution in [0.15, 0.2) is 0 Å². The summed E-state index contributed by atoms with van der Waals surface area (Å²) in [5, 5.41) is -4.65. The maximum atomic E-state index is 11.5. The molecular weight excluding hydrogens is 182 g/mol. The van der Waals surface area contributed by atoms with Crippen LogP contribution in [-0.2, 0) is 0 Å². The lowest BCUT2D eigenvalue weighted by Crippen LogP contribution is -2.37. The van der Waals surface area contributed by atoms with Crippen molar-refractivity contribution in [2.75, 3.05) is 0 Å². The first-order valence-corrected chi connectivity index (χ1v) is 2.41. The fraction of sp³-hybridized carbons (Fsp3) is 1.00. The van der Waals surface area contributed by atoms with E-state index in [1.807, 2.05) is 0 Å². The van der Waals surface area contributed by atoms with Crippen LogP contribution in [0.25, 0.3) is 0 Å². The quantitative estimate of drug-likeness (QED) is 0.469. The predicted octanol–water partition coefficient (Wildman–Crippen LogP) is 2.41. The van der Waals surface area contributed by atoms with Crippen LogP contribution in [0.2, 0.25) is 0 Å². The second kappa shape index (κ2) is 2.52. The summed E-state index contributed by atoms with van der Waals surface area (Å²) in [5.74, 6) is 0. The Morgan fingerprint density at radius 1 is 1.00 bits per heavy atom. The maximum Gasteiger partial charge on any atom is 0.426 e. The highest BCUT2D eigenvalue weighted by Crippen LogP contribution is 2.36. The summed E-state index contributed by atoms with van der Waals surface area (Å²) in [7, 11) is 0. The van der Waals surface area contributed by atoms with Gasteiger partial charge < -0.3 is 0 Å². The highest BCUT2D eigenvalue weighted by atomic mass is 32.1. The molecule has 0 aromatic carbocycles. The predicted molar refractivity (Wildman–Crippen MR) is 24.9 cm³/mol. The third kappa shape index (κ3) is 2.68. The summed E-state index contributed by atoms with van der Waals surface area (Å²) < 4.78 is 67.4. The first-order chi connectivity index (χ1) is 4.15. The van der Waals surface area contributed by atoms with Crippen molar-refractivity contribution in [2.45, 2.75) is 17.6 Å². The van der Waals surface area contributed by atoms with Gasteiger partial charge in [0.25, 0.3) is 6.17 Å². The largest absolute Gasteiger partial charge is 0.426 e. The minimum absolute atomic E-state index is 2.11. The molecule has 0 heterocycles. The van der Waals surface area contributed by atoms with Gasteiger partial charge in [-0.1, -0.05) is 0 Å². The van der Waals surface area contributed by atoms with Gasteiger partial charge in [0, 0.05) is 0 Å². The third-order valence-corrected chi connectivity index (χ3v) is 0.819. The van der Waals surface area contributed by atoms with Crippen molar-refractivity contribution in [3.8, 4) is 0 Å². The van der Waals surface area contributed by atoms with Crippen molar-refractivity contribution in [3.05, 3.63) is 0 Å². The van der Waals surface area contributed by atoms with E-state index in [4.69, 9.17) is 0 Å². The fourth-order valence-corrected chi connectivity index (χ4v) is 0.343. The van der Waals surface area contributed by atoms with Gasteiger partial charge in [0.1, 0.15) is 0 Å². The van der Waals surface area contributed by atoms with E-state index in [2.05, 4.69) is 12.6 Å². The van der Waals surface area contributed by atoms with Gasteiger partial charge in [-0.05, 0) is 0 Å². The summed E-state index contributed by atoms with van der Waals surface area (Å²) in [4.78, 5) is 0. The van der Waals surface area contributed by atoms with Gasteiger partial charge in [-0.15, -0.1) is 12.6 Å². The number of halogens is 6. The monoisotopic (exact) mass is 184 g/mol. The molecule has 1 unspecified atom stereocenters. The Bertz CT molecular complexity index is 97.1. The molecule has 0 saturated heterocycles. The highest BCUT2D eigenvalue weighted by Gasteiger charge is 2.54. The zero-order chi connectivity index (χ0) is 8.58. The van der Waals surface area contributed by atoms with E-state index in [9.17, 15) is 26.3 Å². The Morgan fingerprint density at radius 3 is 1.30 bits per heavy atom. The molecule has 0 bridgehead atoms. The van der Waals surface area contributed by atoms with E-state index >= 15 is 0 Å². The van der Waals surface area contributed by atoms with E-state index < -0.39 is 17.6 Å². The van der Waals surface area contributed by atoms with Crippen LogP contribution in [-0.4, -0.2) is 17.6 Å². The van der Waals surface area contributed by atoms with Crippen molar-refractivity contribution < 1.29 is 26.3 Å². The summed E-state index contributed by atoms with van der Waals surface area (Å²) in [6.45, 7) is 0. The fourth-order valence-electron chi connectivity index (χ4n) is 0.197. The molecule has 0 N–H and O–H groups in total. The number of alkyl halides is 6. The third-order valence-electron chi connectivity index (χ3n) is 0.592. The zero-order valence-corrected chi connectivity index (χ0v) is 5.19. The summed E-state index contributed by atoms with van der Waals surface area (Å²) >= 11 is 2.11. The summed E-state index contributed by atoms with van der Waals surface area (Å²) in [5.41, 5.74) is 0. The second-order valence-electron chi connectivity index (χ2n) is 1.49. The first-order valence-electron chi connectivity index (χ1n) is 1.96. The first kappa shape index (κ1) is 9.93.